The van der Waals surface area contributed by atoms with Crippen molar-refractivity contribution < 1.29 is 13.9 Å². The van der Waals surface area contributed by atoms with Gasteiger partial charge in [0, 0.05) is 11.8 Å². The van der Waals surface area contributed by atoms with E-state index in [0.29, 0.717) is 37.6 Å². The number of benzene rings is 2. The van der Waals surface area contributed by atoms with Crippen LogP contribution in [0.3, 0.4) is 0 Å². The summed E-state index contributed by atoms with van der Waals surface area (Å²) in [4.78, 5) is 12.6. The highest BCUT2D eigenvalue weighted by atomic mass is 19.1. The second kappa shape index (κ2) is 9.64. The van der Waals surface area contributed by atoms with E-state index in [4.69, 9.17) is 15.2 Å². The Labute approximate surface area is 191 Å². The molecule has 5 rings (SSSR count). The monoisotopic (exact) mass is 447 g/mol. The number of nitrogens with zero attached hydrogens (tertiary/aromatic N) is 4. The first-order valence-corrected chi connectivity index (χ1v) is 11.0. The lowest BCUT2D eigenvalue weighted by atomic mass is 9.68. The Kier molecular flexibility index (Phi) is 6.28. The summed E-state index contributed by atoms with van der Waals surface area (Å²) in [5.41, 5.74) is 9.09. The molecule has 33 heavy (non-hydrogen) atoms. The second-order valence-corrected chi connectivity index (χ2v) is 8.35. The van der Waals surface area contributed by atoms with Gasteiger partial charge >= 0.3 is 0 Å². The van der Waals surface area contributed by atoms with Gasteiger partial charge in [0.15, 0.2) is 11.5 Å². The van der Waals surface area contributed by atoms with Crippen molar-refractivity contribution in [3.05, 3.63) is 84.4 Å². The molecule has 2 N–H and O–H groups in total. The van der Waals surface area contributed by atoms with E-state index in [0.717, 1.165) is 11.1 Å². The highest BCUT2D eigenvalue weighted by Gasteiger charge is 2.52. The van der Waals surface area contributed by atoms with Gasteiger partial charge < -0.3 is 19.8 Å². The van der Waals surface area contributed by atoms with Crippen LogP contribution in [-0.2, 0) is 22.7 Å². The van der Waals surface area contributed by atoms with Crippen molar-refractivity contribution in [1.82, 2.24) is 19.5 Å². The molecule has 0 aliphatic heterocycles. The number of aromatic nitrogens is 4. The van der Waals surface area contributed by atoms with Gasteiger partial charge in [-0.25, -0.2) is 19.3 Å². The van der Waals surface area contributed by atoms with E-state index in [9.17, 15) is 0 Å². The van der Waals surface area contributed by atoms with Crippen LogP contribution in [0.1, 0.15) is 17.2 Å². The van der Waals surface area contributed by atoms with Gasteiger partial charge in [-0.2, -0.15) is 0 Å². The van der Waals surface area contributed by atoms with E-state index in [1.807, 2.05) is 60.7 Å². The first-order chi connectivity index (χ1) is 16.2. The summed E-state index contributed by atoms with van der Waals surface area (Å²) < 4.78 is 29.2. The molecule has 4 unspecified atom stereocenters. The predicted octanol–water partition coefficient (Wildman–Crippen LogP) is 3.97. The van der Waals surface area contributed by atoms with Crippen LogP contribution < -0.4 is 5.73 Å². The number of halogens is 1. The molecule has 1 saturated carbocycles. The van der Waals surface area contributed by atoms with Gasteiger partial charge in [-0.15, -0.1) is 0 Å². The van der Waals surface area contributed by atoms with Crippen LogP contribution in [0.5, 0.6) is 0 Å². The van der Waals surface area contributed by atoms with Gasteiger partial charge in [0.05, 0.1) is 38.8 Å². The molecule has 0 radical (unpaired) electrons. The number of alkyl halides is 1. The van der Waals surface area contributed by atoms with Crippen molar-refractivity contribution in [2.45, 2.75) is 25.4 Å². The normalized spacial score (nSPS) is 22.3. The van der Waals surface area contributed by atoms with E-state index in [-0.39, 0.29) is 17.7 Å². The Morgan fingerprint density at radius 2 is 1.42 bits per heavy atom. The summed E-state index contributed by atoms with van der Waals surface area (Å²) >= 11 is 0. The van der Waals surface area contributed by atoms with Crippen LogP contribution in [0.15, 0.2) is 73.3 Å². The summed E-state index contributed by atoms with van der Waals surface area (Å²) in [5, 5.41) is 0. The van der Waals surface area contributed by atoms with Crippen LogP contribution in [-0.4, -0.2) is 38.9 Å². The Bertz CT molecular complexity index is 1190. The lowest BCUT2D eigenvalue weighted by Gasteiger charge is -2.48. The average Bonchev–Trinajstić information content (AvgIpc) is 3.27. The van der Waals surface area contributed by atoms with E-state index in [1.54, 1.807) is 10.9 Å². The van der Waals surface area contributed by atoms with Crippen LogP contribution >= 0.6 is 0 Å². The molecule has 1 fully saturated rings. The zero-order chi connectivity index (χ0) is 22.6. The zero-order valence-corrected chi connectivity index (χ0v) is 18.1. The minimum Gasteiger partial charge on any atom is -0.382 e. The lowest BCUT2D eigenvalue weighted by Crippen LogP contribution is -2.53. The maximum atomic E-state index is 15.5. The van der Waals surface area contributed by atoms with Crippen molar-refractivity contribution in [3.63, 3.8) is 0 Å². The zero-order valence-electron chi connectivity index (χ0n) is 18.1. The summed E-state index contributed by atoms with van der Waals surface area (Å²) in [5.74, 6) is -0.0905. The van der Waals surface area contributed by atoms with Crippen LogP contribution in [0.4, 0.5) is 10.2 Å². The largest absolute Gasteiger partial charge is 0.382 e. The van der Waals surface area contributed by atoms with Crippen LogP contribution in [0, 0.1) is 11.8 Å². The van der Waals surface area contributed by atoms with Gasteiger partial charge in [-0.3, -0.25) is 0 Å². The Morgan fingerprint density at radius 3 is 2.06 bits per heavy atom. The highest BCUT2D eigenvalue weighted by molar-refractivity contribution is 5.81. The molecule has 8 heteroatoms. The van der Waals surface area contributed by atoms with E-state index in [2.05, 4.69) is 15.0 Å². The van der Waals surface area contributed by atoms with Crippen molar-refractivity contribution in [2.24, 2.45) is 11.8 Å². The molecule has 1 aliphatic carbocycles. The number of rotatable bonds is 9. The minimum atomic E-state index is -1.11. The third-order valence-electron chi connectivity index (χ3n) is 6.28. The molecule has 0 amide bonds. The second-order valence-electron chi connectivity index (χ2n) is 8.35. The fourth-order valence-corrected chi connectivity index (χ4v) is 4.49. The number of ether oxygens (including phenoxy) is 2. The molecule has 7 nitrogen and oxygen atoms in total. The van der Waals surface area contributed by atoms with Crippen molar-refractivity contribution in [2.75, 3.05) is 18.9 Å². The number of imidazole rings is 1. The fraction of sp³-hybridized carbons (Fsp3) is 0.320. The minimum absolute atomic E-state index is 0.0897. The molecule has 1 aliphatic rings. The molecule has 2 aromatic carbocycles. The van der Waals surface area contributed by atoms with E-state index in [1.165, 1.54) is 6.33 Å². The molecule has 2 aromatic heterocycles. The Morgan fingerprint density at radius 1 is 0.818 bits per heavy atom. The molecule has 0 spiro atoms. The number of anilines is 1. The summed E-state index contributed by atoms with van der Waals surface area (Å²) in [6.07, 6.45) is 1.86. The lowest BCUT2D eigenvalue weighted by molar-refractivity contribution is -0.114. The highest BCUT2D eigenvalue weighted by Crippen LogP contribution is 2.48. The molecule has 4 atom stereocenters. The molecule has 2 heterocycles. The Hall–Kier alpha value is -3.36. The summed E-state index contributed by atoms with van der Waals surface area (Å²) in [6, 6.07) is 19.4. The molecule has 170 valence electrons. The van der Waals surface area contributed by atoms with Gasteiger partial charge in [0.2, 0.25) is 0 Å². The van der Waals surface area contributed by atoms with Crippen LogP contribution in [0.25, 0.3) is 11.2 Å². The standard InChI is InChI=1S/C25H26FN5O2/c26-21-19(13-32-11-17-7-3-1-4-8-17)20(14-33-12-18-9-5-2-6-10-18)23(21)31-16-30-22-24(27)28-15-29-25(22)31/h1-10,15-16,19-21,23H,11-14H2,(H2,27,28,29). The number of fused-ring (bicyclic) bond motifs is 1. The summed E-state index contributed by atoms with van der Waals surface area (Å²) in [6.45, 7) is 1.64. The number of hydrogen-bond donors (Lipinski definition) is 1. The van der Waals surface area contributed by atoms with Gasteiger partial charge in [0.25, 0.3) is 0 Å². The molecule has 0 bridgehead atoms. The average molecular weight is 448 g/mol. The van der Waals surface area contributed by atoms with Crippen molar-refractivity contribution in [3.8, 4) is 0 Å². The topological polar surface area (TPSA) is 88.1 Å². The quantitative estimate of drug-likeness (QED) is 0.418. The van der Waals surface area contributed by atoms with E-state index >= 15 is 4.39 Å². The summed E-state index contributed by atoms with van der Waals surface area (Å²) in [7, 11) is 0. The van der Waals surface area contributed by atoms with Crippen molar-refractivity contribution >= 4 is 17.0 Å². The van der Waals surface area contributed by atoms with E-state index < -0.39 is 12.2 Å². The predicted molar refractivity (Wildman–Crippen MR) is 123 cm³/mol. The number of nitrogen functional groups attached to an aromatic ring is 1. The number of nitrogens with two attached hydrogens (primary N) is 1. The van der Waals surface area contributed by atoms with Crippen LogP contribution in [0.2, 0.25) is 0 Å². The molecular weight excluding hydrogens is 421 g/mol. The molecular formula is C25H26FN5O2. The maximum Gasteiger partial charge on any atom is 0.165 e. The maximum absolute atomic E-state index is 15.5. The van der Waals surface area contributed by atoms with Gasteiger partial charge in [-0.1, -0.05) is 60.7 Å². The third-order valence-corrected chi connectivity index (χ3v) is 6.28. The first kappa shape index (κ1) is 21.5. The third kappa shape index (κ3) is 4.44. The molecule has 0 saturated heterocycles. The van der Waals surface area contributed by atoms with Gasteiger partial charge in [-0.05, 0) is 11.1 Å². The Balaban J connectivity index is 1.31. The molecule has 4 aromatic rings. The van der Waals surface area contributed by atoms with Crippen molar-refractivity contribution in [1.29, 1.82) is 0 Å². The fourth-order valence-electron chi connectivity index (χ4n) is 4.49. The SMILES string of the molecule is Nc1ncnc2c1ncn2C1C(F)C(COCc2ccccc2)C1COCc1ccccc1. The van der Waals surface area contributed by atoms with Gasteiger partial charge in [0.1, 0.15) is 18.0 Å². The number of hydrogen-bond acceptors (Lipinski definition) is 6. The smallest absolute Gasteiger partial charge is 0.165 e. The first-order valence-electron chi connectivity index (χ1n) is 11.0.